The Labute approximate surface area is 168 Å². The summed E-state index contributed by atoms with van der Waals surface area (Å²) in [5, 5.41) is 0. The standard InChI is InChI=1S/C21H14BrFN2O3/c22-18-8-4-3-7-17(18)21(28)25-24-20(27)16-6-2-1-5-15(16)19(26)13-9-11-14(23)12-10-13/h1-12H,(H,24,27)(H,25,28). The fraction of sp³-hybridized carbons (Fsp3) is 0. The molecular weight excluding hydrogens is 427 g/mol. The molecule has 0 fully saturated rings. The number of benzene rings is 3. The number of hydrogen-bond acceptors (Lipinski definition) is 3. The molecule has 2 amide bonds. The van der Waals surface area contributed by atoms with Crippen molar-refractivity contribution in [2.24, 2.45) is 0 Å². The molecule has 0 atom stereocenters. The highest BCUT2D eigenvalue weighted by Crippen LogP contribution is 2.16. The zero-order valence-corrected chi connectivity index (χ0v) is 16.0. The maximum absolute atomic E-state index is 13.1. The van der Waals surface area contributed by atoms with Crippen LogP contribution in [0.3, 0.4) is 0 Å². The Balaban J connectivity index is 1.77. The molecule has 5 nitrogen and oxygen atoms in total. The fourth-order valence-electron chi connectivity index (χ4n) is 2.53. The minimum absolute atomic E-state index is 0.0873. The van der Waals surface area contributed by atoms with E-state index in [1.54, 1.807) is 36.4 Å². The van der Waals surface area contributed by atoms with Gasteiger partial charge in [0.05, 0.1) is 11.1 Å². The van der Waals surface area contributed by atoms with Gasteiger partial charge in [-0.3, -0.25) is 25.2 Å². The third kappa shape index (κ3) is 4.32. The van der Waals surface area contributed by atoms with Crippen LogP contribution in [0.4, 0.5) is 4.39 Å². The number of hydrazine groups is 1. The van der Waals surface area contributed by atoms with Gasteiger partial charge in [0.25, 0.3) is 11.8 Å². The molecule has 0 bridgehead atoms. The summed E-state index contributed by atoms with van der Waals surface area (Å²) in [4.78, 5) is 37.4. The number of rotatable bonds is 4. The van der Waals surface area contributed by atoms with E-state index in [0.29, 0.717) is 10.0 Å². The lowest BCUT2D eigenvalue weighted by Crippen LogP contribution is -2.42. The number of amides is 2. The quantitative estimate of drug-likeness (QED) is 0.477. The number of carbonyl (C=O) groups is 3. The van der Waals surface area contributed by atoms with E-state index in [0.717, 1.165) is 0 Å². The molecule has 140 valence electrons. The van der Waals surface area contributed by atoms with Gasteiger partial charge >= 0.3 is 0 Å². The van der Waals surface area contributed by atoms with Crippen LogP contribution in [-0.4, -0.2) is 17.6 Å². The average Bonchev–Trinajstić information content (AvgIpc) is 2.72. The Hall–Kier alpha value is -3.32. The predicted octanol–water partition coefficient (Wildman–Crippen LogP) is 3.89. The lowest BCUT2D eigenvalue weighted by molar-refractivity contribution is 0.0844. The lowest BCUT2D eigenvalue weighted by Gasteiger charge is -2.11. The molecule has 2 N–H and O–H groups in total. The van der Waals surface area contributed by atoms with Gasteiger partial charge in [-0.1, -0.05) is 30.3 Å². The first-order valence-electron chi connectivity index (χ1n) is 8.22. The summed E-state index contributed by atoms with van der Waals surface area (Å²) in [5.41, 5.74) is 5.45. The Kier molecular flexibility index (Phi) is 5.96. The largest absolute Gasteiger partial charge is 0.289 e. The smallest absolute Gasteiger partial charge is 0.270 e. The van der Waals surface area contributed by atoms with Gasteiger partial charge in [0.15, 0.2) is 5.78 Å². The van der Waals surface area contributed by atoms with E-state index in [-0.39, 0.29) is 16.7 Å². The number of hydrogen-bond donors (Lipinski definition) is 2. The van der Waals surface area contributed by atoms with Gasteiger partial charge in [0, 0.05) is 15.6 Å². The highest BCUT2D eigenvalue weighted by Gasteiger charge is 2.19. The number of carbonyl (C=O) groups excluding carboxylic acids is 3. The minimum Gasteiger partial charge on any atom is -0.289 e. The molecule has 0 aliphatic rings. The molecule has 3 rings (SSSR count). The Bertz CT molecular complexity index is 1050. The second kappa shape index (κ2) is 8.58. The van der Waals surface area contributed by atoms with Crippen LogP contribution in [0, 0.1) is 5.82 Å². The van der Waals surface area contributed by atoms with Crippen LogP contribution in [0.2, 0.25) is 0 Å². The summed E-state index contributed by atoms with van der Waals surface area (Å²) < 4.78 is 13.7. The van der Waals surface area contributed by atoms with E-state index in [1.807, 2.05) is 0 Å². The summed E-state index contributed by atoms with van der Waals surface area (Å²) >= 11 is 3.27. The molecule has 0 aromatic heterocycles. The monoisotopic (exact) mass is 440 g/mol. The predicted molar refractivity (Wildman–Crippen MR) is 105 cm³/mol. The first kappa shape index (κ1) is 19.4. The van der Waals surface area contributed by atoms with Crippen molar-refractivity contribution in [3.63, 3.8) is 0 Å². The number of halogens is 2. The Morgan fingerprint density at radius 1 is 0.679 bits per heavy atom. The van der Waals surface area contributed by atoms with Gasteiger partial charge in [0.1, 0.15) is 5.82 Å². The molecule has 3 aromatic carbocycles. The van der Waals surface area contributed by atoms with Crippen LogP contribution in [0.25, 0.3) is 0 Å². The summed E-state index contributed by atoms with van der Waals surface area (Å²) in [7, 11) is 0. The molecule has 3 aromatic rings. The van der Waals surface area contributed by atoms with Gasteiger partial charge in [-0.05, 0) is 58.4 Å². The topological polar surface area (TPSA) is 75.3 Å². The third-order valence-electron chi connectivity index (χ3n) is 3.93. The molecule has 0 saturated heterocycles. The zero-order chi connectivity index (χ0) is 20.1. The van der Waals surface area contributed by atoms with Crippen molar-refractivity contribution in [2.75, 3.05) is 0 Å². The molecule has 0 aliphatic carbocycles. The van der Waals surface area contributed by atoms with Crippen molar-refractivity contribution in [3.8, 4) is 0 Å². The highest BCUT2D eigenvalue weighted by molar-refractivity contribution is 9.10. The molecule has 0 spiro atoms. The van der Waals surface area contributed by atoms with Crippen molar-refractivity contribution < 1.29 is 18.8 Å². The van der Waals surface area contributed by atoms with Crippen LogP contribution in [0.15, 0.2) is 77.3 Å². The van der Waals surface area contributed by atoms with E-state index in [4.69, 9.17) is 0 Å². The highest BCUT2D eigenvalue weighted by atomic mass is 79.9. The molecule has 7 heteroatoms. The van der Waals surface area contributed by atoms with Crippen molar-refractivity contribution in [2.45, 2.75) is 0 Å². The fourth-order valence-corrected chi connectivity index (χ4v) is 2.99. The first-order chi connectivity index (χ1) is 13.5. The van der Waals surface area contributed by atoms with Crippen molar-refractivity contribution in [1.82, 2.24) is 10.9 Å². The zero-order valence-electron chi connectivity index (χ0n) is 14.4. The summed E-state index contributed by atoms with van der Waals surface area (Å²) in [5.74, 6) is -2.05. The molecule has 28 heavy (non-hydrogen) atoms. The molecule has 0 radical (unpaired) electrons. The maximum Gasteiger partial charge on any atom is 0.270 e. The minimum atomic E-state index is -0.647. The third-order valence-corrected chi connectivity index (χ3v) is 4.62. The Morgan fingerprint density at radius 3 is 1.79 bits per heavy atom. The van der Waals surface area contributed by atoms with Crippen LogP contribution >= 0.6 is 15.9 Å². The molecule has 0 saturated carbocycles. The van der Waals surface area contributed by atoms with Crippen LogP contribution < -0.4 is 10.9 Å². The van der Waals surface area contributed by atoms with Crippen LogP contribution in [-0.2, 0) is 0 Å². The lowest BCUT2D eigenvalue weighted by atomic mass is 9.98. The second-order valence-electron chi connectivity index (χ2n) is 5.77. The SMILES string of the molecule is O=C(NNC(=O)c1ccccc1C(=O)c1ccc(F)cc1)c1ccccc1Br. The normalized spacial score (nSPS) is 10.2. The summed E-state index contributed by atoms with van der Waals surface area (Å²) in [6, 6.07) is 18.0. The molecule has 0 unspecified atom stereocenters. The van der Waals surface area contributed by atoms with E-state index >= 15 is 0 Å². The van der Waals surface area contributed by atoms with Gasteiger partial charge in [-0.15, -0.1) is 0 Å². The molecule has 0 aliphatic heterocycles. The Morgan fingerprint density at radius 2 is 1.18 bits per heavy atom. The van der Waals surface area contributed by atoms with Crippen molar-refractivity contribution >= 4 is 33.5 Å². The summed E-state index contributed by atoms with van der Waals surface area (Å²) in [6.45, 7) is 0. The van der Waals surface area contributed by atoms with Gasteiger partial charge in [-0.2, -0.15) is 0 Å². The number of ketones is 1. The molecule has 0 heterocycles. The van der Waals surface area contributed by atoms with E-state index in [1.165, 1.54) is 36.4 Å². The van der Waals surface area contributed by atoms with E-state index in [2.05, 4.69) is 26.8 Å². The summed E-state index contributed by atoms with van der Waals surface area (Å²) in [6.07, 6.45) is 0. The van der Waals surface area contributed by atoms with Crippen molar-refractivity contribution in [3.05, 3.63) is 105 Å². The van der Waals surface area contributed by atoms with Gasteiger partial charge in [0.2, 0.25) is 0 Å². The second-order valence-corrected chi connectivity index (χ2v) is 6.62. The average molecular weight is 441 g/mol. The van der Waals surface area contributed by atoms with Crippen molar-refractivity contribution in [1.29, 1.82) is 0 Å². The maximum atomic E-state index is 13.1. The van der Waals surface area contributed by atoms with E-state index in [9.17, 15) is 18.8 Å². The first-order valence-corrected chi connectivity index (χ1v) is 9.01. The van der Waals surface area contributed by atoms with E-state index < -0.39 is 23.4 Å². The van der Waals surface area contributed by atoms with Crippen LogP contribution in [0.1, 0.15) is 36.6 Å². The van der Waals surface area contributed by atoms with Gasteiger partial charge in [-0.25, -0.2) is 4.39 Å². The van der Waals surface area contributed by atoms with Gasteiger partial charge < -0.3 is 0 Å². The molecular formula is C21H14BrFN2O3. The van der Waals surface area contributed by atoms with Crippen LogP contribution in [0.5, 0.6) is 0 Å². The number of nitrogens with one attached hydrogen (secondary N) is 2.